The predicted molar refractivity (Wildman–Crippen MR) is 49.4 cm³/mol. The molecule has 4 atom stereocenters. The number of hydrogen-bond acceptors (Lipinski definition) is 3. The molecule has 76 valence electrons. The van der Waals surface area contributed by atoms with Crippen molar-refractivity contribution in [3.05, 3.63) is 12.2 Å². The van der Waals surface area contributed by atoms with E-state index in [0.29, 0.717) is 11.8 Å². The lowest BCUT2D eigenvalue weighted by Gasteiger charge is -2.31. The highest BCUT2D eigenvalue weighted by atomic mass is 16.6. The van der Waals surface area contributed by atoms with Gasteiger partial charge in [-0.15, -0.1) is 0 Å². The van der Waals surface area contributed by atoms with Gasteiger partial charge in [0, 0.05) is 0 Å². The predicted octanol–water partition coefficient (Wildman–Crippen LogP) is 0.877. The topological polar surface area (TPSA) is 46.5 Å². The van der Waals surface area contributed by atoms with Gasteiger partial charge < -0.3 is 9.84 Å². The summed E-state index contributed by atoms with van der Waals surface area (Å²) in [5.41, 5.74) is -0.874. The molecule has 3 aliphatic rings. The molecular formula is C11H14O3. The molecule has 2 bridgehead atoms. The summed E-state index contributed by atoms with van der Waals surface area (Å²) in [7, 11) is 0. The molecular weight excluding hydrogens is 180 g/mol. The van der Waals surface area contributed by atoms with Gasteiger partial charge in [-0.3, -0.25) is 4.79 Å². The van der Waals surface area contributed by atoms with Gasteiger partial charge in [0.1, 0.15) is 12.2 Å². The van der Waals surface area contributed by atoms with Crippen LogP contribution in [0.4, 0.5) is 0 Å². The molecule has 3 rings (SSSR count). The Hall–Kier alpha value is -0.830. The first kappa shape index (κ1) is 8.48. The van der Waals surface area contributed by atoms with Crippen molar-refractivity contribution >= 4 is 5.97 Å². The van der Waals surface area contributed by atoms with E-state index in [0.717, 1.165) is 12.8 Å². The summed E-state index contributed by atoms with van der Waals surface area (Å²) in [5, 5.41) is 10.3. The first-order valence-electron chi connectivity index (χ1n) is 5.24. The van der Waals surface area contributed by atoms with Gasteiger partial charge in [0.05, 0.1) is 6.42 Å². The highest BCUT2D eigenvalue weighted by Gasteiger charge is 2.52. The molecule has 0 spiro atoms. The molecule has 2 fully saturated rings. The van der Waals surface area contributed by atoms with Crippen LogP contribution in [0.15, 0.2) is 12.2 Å². The van der Waals surface area contributed by atoms with Crippen molar-refractivity contribution in [1.82, 2.24) is 0 Å². The third-order valence-corrected chi connectivity index (χ3v) is 3.90. The summed E-state index contributed by atoms with van der Waals surface area (Å²) in [6.07, 6.45) is 6.80. The van der Waals surface area contributed by atoms with E-state index < -0.39 is 5.60 Å². The zero-order valence-corrected chi connectivity index (χ0v) is 7.98. The monoisotopic (exact) mass is 194 g/mol. The molecule has 14 heavy (non-hydrogen) atoms. The minimum Gasteiger partial charge on any atom is -0.462 e. The fourth-order valence-electron chi connectivity index (χ4n) is 3.19. The summed E-state index contributed by atoms with van der Waals surface area (Å²) in [6.45, 7) is 0.202. The second-order valence-electron chi connectivity index (χ2n) is 4.83. The lowest BCUT2D eigenvalue weighted by Crippen LogP contribution is -2.40. The number of carbonyl (C=O) groups excluding carboxylic acids is 1. The van der Waals surface area contributed by atoms with E-state index in [-0.39, 0.29) is 24.9 Å². The minimum atomic E-state index is -0.874. The van der Waals surface area contributed by atoms with Gasteiger partial charge >= 0.3 is 5.97 Å². The first-order valence-corrected chi connectivity index (χ1v) is 5.24. The summed E-state index contributed by atoms with van der Waals surface area (Å²) in [4.78, 5) is 11.0. The van der Waals surface area contributed by atoms with Crippen molar-refractivity contribution in [2.24, 2.45) is 17.8 Å². The van der Waals surface area contributed by atoms with Gasteiger partial charge in [0.25, 0.3) is 0 Å². The van der Waals surface area contributed by atoms with E-state index in [1.165, 1.54) is 0 Å². The Bertz CT molecular complexity index is 310. The third-order valence-electron chi connectivity index (χ3n) is 3.90. The number of ether oxygens (including phenoxy) is 1. The Kier molecular flexibility index (Phi) is 1.57. The summed E-state index contributed by atoms with van der Waals surface area (Å²) in [5.74, 6) is 1.09. The van der Waals surface area contributed by atoms with Gasteiger partial charge in [-0.1, -0.05) is 12.2 Å². The van der Waals surface area contributed by atoms with Crippen LogP contribution in [0.5, 0.6) is 0 Å². The van der Waals surface area contributed by atoms with Crippen molar-refractivity contribution in [1.29, 1.82) is 0 Å². The van der Waals surface area contributed by atoms with Crippen molar-refractivity contribution in [3.63, 3.8) is 0 Å². The average Bonchev–Trinajstić information content (AvgIpc) is 2.80. The molecule has 0 aromatic carbocycles. The normalized spacial score (nSPS) is 50.1. The zero-order valence-electron chi connectivity index (χ0n) is 7.98. The molecule has 0 aromatic rings. The second kappa shape index (κ2) is 2.60. The SMILES string of the molecule is O=C1CC(O)(C2CC3C=CC2C3)CO1. The van der Waals surface area contributed by atoms with E-state index in [1.54, 1.807) is 0 Å². The Balaban J connectivity index is 1.83. The average molecular weight is 194 g/mol. The fraction of sp³-hybridized carbons (Fsp3) is 0.727. The van der Waals surface area contributed by atoms with Crippen LogP contribution >= 0.6 is 0 Å². The van der Waals surface area contributed by atoms with Crippen LogP contribution in [-0.2, 0) is 9.53 Å². The van der Waals surface area contributed by atoms with Gasteiger partial charge in [0.15, 0.2) is 0 Å². The van der Waals surface area contributed by atoms with Gasteiger partial charge in [-0.05, 0) is 30.6 Å². The van der Waals surface area contributed by atoms with Crippen molar-refractivity contribution in [2.45, 2.75) is 24.9 Å². The fourth-order valence-corrected chi connectivity index (χ4v) is 3.19. The summed E-state index contributed by atoms with van der Waals surface area (Å²) >= 11 is 0. The van der Waals surface area contributed by atoms with Crippen LogP contribution in [0.3, 0.4) is 0 Å². The Labute approximate surface area is 82.8 Å². The van der Waals surface area contributed by atoms with E-state index in [4.69, 9.17) is 4.74 Å². The van der Waals surface area contributed by atoms with Crippen LogP contribution in [0, 0.1) is 17.8 Å². The number of fused-ring (bicyclic) bond motifs is 2. The molecule has 0 aromatic heterocycles. The van der Waals surface area contributed by atoms with Crippen LogP contribution in [0.1, 0.15) is 19.3 Å². The van der Waals surface area contributed by atoms with E-state index in [9.17, 15) is 9.90 Å². The molecule has 1 aliphatic heterocycles. The highest BCUT2D eigenvalue weighted by Crippen LogP contribution is 2.50. The van der Waals surface area contributed by atoms with Gasteiger partial charge in [0.2, 0.25) is 0 Å². The molecule has 3 nitrogen and oxygen atoms in total. The molecule has 3 heteroatoms. The van der Waals surface area contributed by atoms with Gasteiger partial charge in [-0.25, -0.2) is 0 Å². The largest absolute Gasteiger partial charge is 0.462 e. The molecule has 1 saturated carbocycles. The summed E-state index contributed by atoms with van der Waals surface area (Å²) < 4.78 is 4.88. The number of rotatable bonds is 1. The first-order chi connectivity index (χ1) is 6.67. The third kappa shape index (κ3) is 1.05. The van der Waals surface area contributed by atoms with Crippen molar-refractivity contribution < 1.29 is 14.6 Å². The van der Waals surface area contributed by atoms with Crippen molar-refractivity contribution in [2.75, 3.05) is 6.61 Å². The standard InChI is InChI=1S/C11H14O3/c12-10-5-11(13,6-14-10)9-4-7-1-2-8(9)3-7/h1-2,7-9,13H,3-6H2. The van der Waals surface area contributed by atoms with Crippen LogP contribution < -0.4 is 0 Å². The number of aliphatic hydroxyl groups is 1. The number of allylic oxidation sites excluding steroid dienone is 2. The van der Waals surface area contributed by atoms with Crippen LogP contribution in [-0.4, -0.2) is 23.3 Å². The molecule has 1 saturated heterocycles. The maximum Gasteiger partial charge on any atom is 0.308 e. The number of hydrogen-bond donors (Lipinski definition) is 1. The molecule has 0 amide bonds. The van der Waals surface area contributed by atoms with Gasteiger partial charge in [-0.2, -0.15) is 0 Å². The van der Waals surface area contributed by atoms with E-state index >= 15 is 0 Å². The number of carbonyl (C=O) groups is 1. The van der Waals surface area contributed by atoms with Crippen LogP contribution in [0.25, 0.3) is 0 Å². The highest BCUT2D eigenvalue weighted by molar-refractivity contribution is 5.73. The Morgan fingerprint density at radius 1 is 1.43 bits per heavy atom. The Morgan fingerprint density at radius 3 is 2.79 bits per heavy atom. The van der Waals surface area contributed by atoms with Crippen molar-refractivity contribution in [3.8, 4) is 0 Å². The zero-order chi connectivity index (χ0) is 9.76. The van der Waals surface area contributed by atoms with E-state index in [2.05, 4.69) is 12.2 Å². The molecule has 2 aliphatic carbocycles. The smallest absolute Gasteiger partial charge is 0.308 e. The number of esters is 1. The number of cyclic esters (lactones) is 1. The molecule has 1 N–H and O–H groups in total. The maximum atomic E-state index is 11.0. The minimum absolute atomic E-state index is 0.189. The van der Waals surface area contributed by atoms with E-state index in [1.807, 2.05) is 0 Å². The second-order valence-corrected chi connectivity index (χ2v) is 4.83. The lowest BCUT2D eigenvalue weighted by molar-refractivity contribution is -0.137. The summed E-state index contributed by atoms with van der Waals surface area (Å²) in [6, 6.07) is 0. The lowest BCUT2D eigenvalue weighted by atomic mass is 9.78. The van der Waals surface area contributed by atoms with Crippen LogP contribution in [0.2, 0.25) is 0 Å². The molecule has 4 unspecified atom stereocenters. The Morgan fingerprint density at radius 2 is 2.29 bits per heavy atom. The molecule has 0 radical (unpaired) electrons. The molecule has 1 heterocycles. The maximum absolute atomic E-state index is 11.0. The quantitative estimate of drug-likeness (QED) is 0.498.